The fourth-order valence-electron chi connectivity index (χ4n) is 5.64. The Balaban J connectivity index is 0.000000338. The average molecular weight is 804 g/mol. The van der Waals surface area contributed by atoms with Gasteiger partial charge in [-0.15, -0.1) is 5.10 Å². The standard InChI is InChI=1S/C31H23F3N2O4.C10H11BrO3/c1-39-27-16-20(13-14-23(27)30(37)38)18-40-22-10-5-9-21(17-22)28-24-11-6-12-25(31(32,33)34)29(24)36-35-26(28)15-19-7-3-2-4-8-19;1-13-9-5-7(6-11)3-4-8(9)10(12)14-2/h2-14,16-17H,15,18H2,1H3,(H,37,38);3-5H,6H2,1-2H3. The monoisotopic (exact) mass is 802 g/mol. The lowest BCUT2D eigenvalue weighted by molar-refractivity contribution is -0.136. The maximum absolute atomic E-state index is 13.8. The first-order valence-corrected chi connectivity index (χ1v) is 17.4. The average Bonchev–Trinajstić information content (AvgIpc) is 3.19. The van der Waals surface area contributed by atoms with Crippen molar-refractivity contribution in [2.75, 3.05) is 21.3 Å². The quantitative estimate of drug-likeness (QED) is 0.101. The molecule has 0 aliphatic rings. The van der Waals surface area contributed by atoms with Crippen LogP contribution in [0.15, 0.2) is 109 Å². The van der Waals surface area contributed by atoms with Crippen LogP contribution < -0.4 is 14.2 Å². The molecule has 0 unspecified atom stereocenters. The first kappa shape index (κ1) is 39.3. The number of alkyl halides is 4. The highest BCUT2D eigenvalue weighted by molar-refractivity contribution is 9.08. The van der Waals surface area contributed by atoms with Gasteiger partial charge in [-0.25, -0.2) is 9.59 Å². The van der Waals surface area contributed by atoms with Crippen molar-refractivity contribution in [2.45, 2.75) is 24.5 Å². The highest BCUT2D eigenvalue weighted by Gasteiger charge is 2.34. The molecule has 0 bridgehead atoms. The number of esters is 1. The van der Waals surface area contributed by atoms with Gasteiger partial charge in [-0.05, 0) is 64.7 Å². The number of hydrogen-bond acceptors (Lipinski definition) is 8. The van der Waals surface area contributed by atoms with Gasteiger partial charge < -0.3 is 24.1 Å². The van der Waals surface area contributed by atoms with Crippen LogP contribution in [0.25, 0.3) is 22.0 Å². The minimum Gasteiger partial charge on any atom is -0.496 e. The van der Waals surface area contributed by atoms with E-state index >= 15 is 0 Å². The molecule has 0 radical (unpaired) electrons. The Bertz CT molecular complexity index is 2270. The molecule has 1 aromatic heterocycles. The second-order valence-corrected chi connectivity index (χ2v) is 12.3. The van der Waals surface area contributed by atoms with E-state index in [-0.39, 0.29) is 29.4 Å². The SMILES string of the molecule is COC(=O)c1ccc(CBr)cc1OC.COc1cc(COc2cccc(-c3c(Cc4ccccc4)nnc4c(C(F)(F)F)cccc34)c2)ccc1C(=O)O. The Morgan fingerprint density at radius 2 is 1.41 bits per heavy atom. The van der Waals surface area contributed by atoms with E-state index in [9.17, 15) is 27.9 Å². The smallest absolute Gasteiger partial charge is 0.418 e. The third kappa shape index (κ3) is 9.34. The summed E-state index contributed by atoms with van der Waals surface area (Å²) in [6, 6.07) is 30.5. The summed E-state index contributed by atoms with van der Waals surface area (Å²) in [5, 5.41) is 18.6. The Kier molecular flexibility index (Phi) is 12.9. The third-order valence-electron chi connectivity index (χ3n) is 8.23. The number of carbonyl (C=O) groups excluding carboxylic acids is 1. The lowest BCUT2D eigenvalue weighted by Gasteiger charge is -2.16. The fraction of sp³-hybridized carbons (Fsp3) is 0.171. The molecular weight excluding hydrogens is 769 g/mol. The summed E-state index contributed by atoms with van der Waals surface area (Å²) < 4.78 is 62.3. The number of aromatic carboxylic acids is 1. The molecule has 0 aliphatic heterocycles. The van der Waals surface area contributed by atoms with Crippen LogP contribution in [0, 0.1) is 0 Å². The number of ether oxygens (including phenoxy) is 4. The second-order valence-electron chi connectivity index (χ2n) is 11.7. The molecule has 1 N–H and O–H groups in total. The summed E-state index contributed by atoms with van der Waals surface area (Å²) in [4.78, 5) is 22.7. The van der Waals surface area contributed by atoms with Crippen molar-refractivity contribution in [3.05, 3.63) is 148 Å². The van der Waals surface area contributed by atoms with Gasteiger partial charge in [0.2, 0.25) is 0 Å². The van der Waals surface area contributed by atoms with E-state index in [4.69, 9.17) is 14.2 Å². The minimum absolute atomic E-state index is 0.0366. The Hall–Kier alpha value is -5.95. The number of carboxylic acid groups (broad SMARTS) is 1. The first-order chi connectivity index (χ1) is 26.0. The molecule has 0 spiro atoms. The Labute approximate surface area is 317 Å². The molecule has 54 heavy (non-hydrogen) atoms. The molecule has 9 nitrogen and oxygen atoms in total. The van der Waals surface area contributed by atoms with Gasteiger partial charge in [0.05, 0.1) is 32.6 Å². The van der Waals surface area contributed by atoms with Gasteiger partial charge in [0.1, 0.15) is 40.5 Å². The molecular formula is C41H34BrF3N2O7. The van der Waals surface area contributed by atoms with Crippen molar-refractivity contribution in [2.24, 2.45) is 0 Å². The highest BCUT2D eigenvalue weighted by Crippen LogP contribution is 2.39. The molecule has 0 fully saturated rings. The van der Waals surface area contributed by atoms with E-state index in [1.165, 1.54) is 33.5 Å². The largest absolute Gasteiger partial charge is 0.496 e. The predicted octanol–water partition coefficient (Wildman–Crippen LogP) is 9.57. The van der Waals surface area contributed by atoms with E-state index in [0.717, 1.165) is 22.5 Å². The zero-order chi connectivity index (χ0) is 38.8. The van der Waals surface area contributed by atoms with Crippen LogP contribution in [0.4, 0.5) is 13.2 Å². The fourth-order valence-corrected chi connectivity index (χ4v) is 5.99. The maximum atomic E-state index is 13.8. The number of hydrogen-bond donors (Lipinski definition) is 1. The number of aromatic nitrogens is 2. The molecule has 1 heterocycles. The van der Waals surface area contributed by atoms with Crippen molar-refractivity contribution < 1.29 is 46.8 Å². The second kappa shape index (κ2) is 17.7. The zero-order valence-electron chi connectivity index (χ0n) is 29.3. The first-order valence-electron chi connectivity index (χ1n) is 16.3. The normalized spacial score (nSPS) is 10.9. The molecule has 0 saturated heterocycles. The molecule has 0 saturated carbocycles. The third-order valence-corrected chi connectivity index (χ3v) is 8.88. The van der Waals surface area contributed by atoms with E-state index in [1.807, 2.05) is 36.4 Å². The molecule has 278 valence electrons. The molecule has 0 amide bonds. The van der Waals surface area contributed by atoms with Crippen LogP contribution in [0.1, 0.15) is 48.7 Å². The lowest BCUT2D eigenvalue weighted by atomic mass is 9.94. The predicted molar refractivity (Wildman–Crippen MR) is 200 cm³/mol. The molecule has 5 aromatic carbocycles. The zero-order valence-corrected chi connectivity index (χ0v) is 30.9. The number of fused-ring (bicyclic) bond motifs is 1. The molecule has 0 aliphatic carbocycles. The van der Waals surface area contributed by atoms with Gasteiger partial charge in [0, 0.05) is 22.7 Å². The van der Waals surface area contributed by atoms with Crippen molar-refractivity contribution >= 4 is 38.8 Å². The van der Waals surface area contributed by atoms with Crippen LogP contribution in [0.5, 0.6) is 17.2 Å². The van der Waals surface area contributed by atoms with Crippen LogP contribution in [0.3, 0.4) is 0 Å². The van der Waals surface area contributed by atoms with Crippen molar-refractivity contribution in [1.82, 2.24) is 10.2 Å². The molecule has 6 aromatic rings. The molecule has 6 rings (SSSR count). The van der Waals surface area contributed by atoms with Crippen molar-refractivity contribution in [3.63, 3.8) is 0 Å². The van der Waals surface area contributed by atoms with E-state index < -0.39 is 17.7 Å². The van der Waals surface area contributed by atoms with Gasteiger partial charge in [-0.3, -0.25) is 0 Å². The maximum Gasteiger partial charge on any atom is 0.418 e. The number of carboxylic acids is 1. The van der Waals surface area contributed by atoms with Gasteiger partial charge in [-0.2, -0.15) is 18.3 Å². The van der Waals surface area contributed by atoms with Crippen molar-refractivity contribution in [3.8, 4) is 28.4 Å². The number of nitrogens with zero attached hydrogens (tertiary/aromatic N) is 2. The summed E-state index contributed by atoms with van der Waals surface area (Å²) in [7, 11) is 4.26. The number of methoxy groups -OCH3 is 3. The topological polar surface area (TPSA) is 117 Å². The van der Waals surface area contributed by atoms with Crippen LogP contribution >= 0.6 is 15.9 Å². The van der Waals surface area contributed by atoms with E-state index in [2.05, 4.69) is 30.9 Å². The van der Waals surface area contributed by atoms with E-state index in [0.29, 0.717) is 51.3 Å². The number of carbonyl (C=O) groups is 2. The van der Waals surface area contributed by atoms with Crippen LogP contribution in [0.2, 0.25) is 0 Å². The number of benzene rings is 5. The van der Waals surface area contributed by atoms with Gasteiger partial charge in [-0.1, -0.05) is 82.7 Å². The van der Waals surface area contributed by atoms with Gasteiger partial charge >= 0.3 is 18.1 Å². The van der Waals surface area contributed by atoms with Crippen LogP contribution in [-0.2, 0) is 29.3 Å². The van der Waals surface area contributed by atoms with Gasteiger partial charge in [0.25, 0.3) is 0 Å². The summed E-state index contributed by atoms with van der Waals surface area (Å²) in [5.74, 6) is -0.268. The van der Waals surface area contributed by atoms with Gasteiger partial charge in [0.15, 0.2) is 0 Å². The minimum atomic E-state index is -4.59. The summed E-state index contributed by atoms with van der Waals surface area (Å²) >= 11 is 3.33. The number of rotatable bonds is 11. The highest BCUT2D eigenvalue weighted by atomic mass is 79.9. The molecule has 0 atom stereocenters. The van der Waals surface area contributed by atoms with Crippen LogP contribution in [-0.4, -0.2) is 48.6 Å². The molecule has 13 heteroatoms. The summed E-state index contributed by atoms with van der Waals surface area (Å²) in [6.07, 6.45) is -4.22. The number of halogens is 4. The summed E-state index contributed by atoms with van der Waals surface area (Å²) in [6.45, 7) is 0.115. The Morgan fingerprint density at radius 3 is 2.07 bits per heavy atom. The van der Waals surface area contributed by atoms with Crippen molar-refractivity contribution in [1.29, 1.82) is 0 Å². The Morgan fingerprint density at radius 1 is 0.741 bits per heavy atom. The summed E-state index contributed by atoms with van der Waals surface area (Å²) in [5.41, 5.74) is 3.78. The van der Waals surface area contributed by atoms with E-state index in [1.54, 1.807) is 54.6 Å². The lowest BCUT2D eigenvalue weighted by Crippen LogP contribution is -2.09.